The second-order valence-corrected chi connectivity index (χ2v) is 19.7. The minimum Gasteiger partial charge on any atom is -0.635 e. The monoisotopic (exact) mass is 1700 g/mol. The third kappa shape index (κ3) is 15.9. The molecule has 4 heterocycles. The van der Waals surface area contributed by atoms with E-state index in [1.54, 1.807) is 60.9 Å². The van der Waals surface area contributed by atoms with E-state index < -0.39 is 40.7 Å². The normalized spacial score (nSPS) is 10.3. The third-order valence-electron chi connectivity index (χ3n) is 14.1. The number of nitrogens with zero attached hydrogens (tertiary/aromatic N) is 9. The van der Waals surface area contributed by atoms with Crippen LogP contribution in [0.4, 0.5) is 27.6 Å². The molecule has 0 aliphatic carbocycles. The molecule has 11 nitrogen and oxygen atoms in total. The first-order chi connectivity index (χ1) is 40.3. The molecule has 0 saturated heterocycles. The SMILES string of the molecule is Cc1ccc(Cc2cc[c-]c(-c3nccn3-c3c(C)cc(C)cc3C)c2)cc1.Fc1c(F)c(F)c(-n2ccnc2-c2[c-]cccc2)c(F)c1F.[C-]#[N+]c1cc[c-]c(-c2nncn2-c2c(C)c(C)c(C)c(C)c2C)c1.[CH2-]OC(=O)c1ccccn1.[Ir].[Ir].[Ir]. The van der Waals surface area contributed by atoms with Crippen LogP contribution < -0.4 is 0 Å². The molecule has 451 valence electrons. The van der Waals surface area contributed by atoms with Crippen molar-refractivity contribution >= 4 is 11.7 Å². The average molecular weight is 1700 g/mol. The Labute approximate surface area is 543 Å². The van der Waals surface area contributed by atoms with Gasteiger partial charge in [0.05, 0.1) is 24.0 Å². The summed E-state index contributed by atoms with van der Waals surface area (Å²) in [6, 6.07) is 45.5. The van der Waals surface area contributed by atoms with Crippen LogP contribution in [0.1, 0.15) is 71.7 Å². The summed E-state index contributed by atoms with van der Waals surface area (Å²) in [5.74, 6) is -8.94. The minimum absolute atomic E-state index is 0. The number of hydrogen-bond acceptors (Lipinski definition) is 7. The van der Waals surface area contributed by atoms with Crippen molar-refractivity contribution in [1.82, 2.24) is 38.9 Å². The predicted octanol–water partition coefficient (Wildman–Crippen LogP) is 16.0. The Morgan fingerprint density at radius 3 is 1.63 bits per heavy atom. The van der Waals surface area contributed by atoms with Gasteiger partial charge in [0.25, 0.3) is 0 Å². The zero-order valence-corrected chi connectivity index (χ0v) is 55.8. The number of imidazole rings is 2. The molecular weight excluding hydrogens is 1650 g/mol. The molecule has 0 N–H and O–H groups in total. The molecule has 0 atom stereocenters. The van der Waals surface area contributed by atoms with E-state index in [-0.39, 0.29) is 71.8 Å². The number of esters is 1. The van der Waals surface area contributed by atoms with Crippen LogP contribution >= 0.6 is 0 Å². The topological polar surface area (TPSA) is 110 Å². The summed E-state index contributed by atoms with van der Waals surface area (Å²) in [7, 11) is 2.97. The average Bonchev–Trinajstić information content (AvgIpc) is 2.46. The molecule has 0 spiro atoms. The number of pyridine rings is 1. The molecule has 0 fully saturated rings. The van der Waals surface area contributed by atoms with Gasteiger partial charge in [-0.1, -0.05) is 53.6 Å². The van der Waals surface area contributed by atoms with Crippen molar-refractivity contribution in [2.45, 2.75) is 68.7 Å². The number of hydrogen-bond donors (Lipinski definition) is 0. The van der Waals surface area contributed by atoms with Gasteiger partial charge in [-0.15, -0.1) is 100 Å². The maximum absolute atomic E-state index is 13.9. The molecule has 0 saturated carbocycles. The van der Waals surface area contributed by atoms with Gasteiger partial charge < -0.3 is 18.4 Å². The van der Waals surface area contributed by atoms with E-state index in [0.29, 0.717) is 17.1 Å². The van der Waals surface area contributed by atoms with Crippen molar-refractivity contribution in [2.24, 2.45) is 0 Å². The Kier molecular flexibility index (Phi) is 25.2. The van der Waals surface area contributed by atoms with E-state index >= 15 is 0 Å². The van der Waals surface area contributed by atoms with E-state index in [4.69, 9.17) is 6.57 Å². The molecule has 7 aromatic carbocycles. The predicted molar refractivity (Wildman–Crippen MR) is 314 cm³/mol. The second-order valence-electron chi connectivity index (χ2n) is 19.7. The summed E-state index contributed by atoms with van der Waals surface area (Å²) in [5.41, 5.74) is 18.2. The number of ether oxygens (including phenoxy) is 1. The Balaban J connectivity index is 0.000000218. The van der Waals surface area contributed by atoms with Crippen LogP contribution in [-0.2, 0) is 71.5 Å². The van der Waals surface area contributed by atoms with Crippen molar-refractivity contribution in [2.75, 3.05) is 0 Å². The van der Waals surface area contributed by atoms with Gasteiger partial charge in [0.15, 0.2) is 23.3 Å². The summed E-state index contributed by atoms with van der Waals surface area (Å²) in [6.45, 7) is 26.5. The van der Waals surface area contributed by atoms with Gasteiger partial charge in [-0.05, 0) is 125 Å². The number of benzene rings is 7. The molecule has 11 rings (SSSR count). The molecule has 0 aliphatic rings. The smallest absolute Gasteiger partial charge is 0.325 e. The van der Waals surface area contributed by atoms with Crippen LogP contribution in [0.2, 0.25) is 0 Å². The van der Waals surface area contributed by atoms with Crippen LogP contribution in [0.3, 0.4) is 0 Å². The van der Waals surface area contributed by atoms with E-state index in [1.165, 1.54) is 85.3 Å². The van der Waals surface area contributed by atoms with Gasteiger partial charge in [0, 0.05) is 103 Å². The molecular formula is C68H56F5Ir3N9O2-4. The minimum atomic E-state index is -2.20. The first kappa shape index (κ1) is 69.6. The first-order valence-corrected chi connectivity index (χ1v) is 26.3. The molecule has 0 bridgehead atoms. The van der Waals surface area contributed by atoms with Crippen molar-refractivity contribution in [3.63, 3.8) is 0 Å². The summed E-state index contributed by atoms with van der Waals surface area (Å²) in [6.07, 6.45) is 10.4. The summed E-state index contributed by atoms with van der Waals surface area (Å²) in [5, 5.41) is 8.39. The maximum Gasteiger partial charge on any atom is 0.325 e. The van der Waals surface area contributed by atoms with Crippen LogP contribution in [0.25, 0.3) is 56.1 Å². The molecule has 3 radical (unpaired) electrons. The molecule has 0 aliphatic heterocycles. The van der Waals surface area contributed by atoms with Crippen LogP contribution in [0.15, 0.2) is 153 Å². The number of carbonyl (C=O) groups excluding carboxylic acids is 1. The number of aryl methyl sites for hydroxylation is 4. The Bertz CT molecular complexity index is 4120. The van der Waals surface area contributed by atoms with Crippen LogP contribution in [0, 0.1) is 123 Å². The summed E-state index contributed by atoms with van der Waals surface area (Å²) < 4.78 is 76.7. The third-order valence-corrected chi connectivity index (χ3v) is 14.1. The Morgan fingerprint density at radius 2 is 1.07 bits per heavy atom. The van der Waals surface area contributed by atoms with Gasteiger partial charge in [-0.3, -0.25) is 14.8 Å². The first-order valence-electron chi connectivity index (χ1n) is 26.3. The maximum atomic E-state index is 13.9. The fourth-order valence-corrected chi connectivity index (χ4v) is 9.58. The van der Waals surface area contributed by atoms with E-state index in [1.807, 2.05) is 23.0 Å². The van der Waals surface area contributed by atoms with Crippen molar-refractivity contribution < 1.29 is 91.8 Å². The zero-order chi connectivity index (χ0) is 60.4. The van der Waals surface area contributed by atoms with Crippen LogP contribution in [-0.4, -0.2) is 44.8 Å². The van der Waals surface area contributed by atoms with Gasteiger partial charge in [-0.25, -0.2) is 31.7 Å². The Hall–Kier alpha value is -8.19. The summed E-state index contributed by atoms with van der Waals surface area (Å²) in [4.78, 5) is 26.4. The van der Waals surface area contributed by atoms with Gasteiger partial charge in [0.2, 0.25) is 5.82 Å². The van der Waals surface area contributed by atoms with Crippen molar-refractivity contribution in [3.05, 3.63) is 285 Å². The molecule has 4 aromatic heterocycles. The quantitative estimate of drug-likeness (QED) is 0.0465. The standard InChI is InChI=1S/C26H25N2.C20H19N4.C15H6F5N2.C7H6NO2.3Ir/c1-18-8-10-22(11-9-18)16-23-6-5-7-24(17-23)26-27-12-13-28(26)25-20(3)14-19(2)15-21(25)4;1-12-13(2)15(4)19(16(5)14(12)3)24-11-22-23-20(24)17-8-7-9-18(10-17)21-6;16-9-10(17)12(19)14(13(20)11(9)18)22-7-6-21-15(22)8-4-2-1-3-5-8;1-10-7(9)6-4-2-3-5-8-6;;;/h5-6,8-15,17H,16H2,1-4H3;7,9-11H,1-5H3;1-4,6-7H;2-5H,1H2;;;/q4*-1;;;. The second kappa shape index (κ2) is 31.5. The van der Waals surface area contributed by atoms with Crippen LogP contribution in [0.5, 0.6) is 0 Å². The number of rotatable bonds is 9. The zero-order valence-electron chi connectivity index (χ0n) is 48.6. The van der Waals surface area contributed by atoms with E-state index in [9.17, 15) is 26.7 Å². The van der Waals surface area contributed by atoms with Gasteiger partial charge in [-0.2, -0.15) is 18.3 Å². The Morgan fingerprint density at radius 1 is 0.529 bits per heavy atom. The molecule has 11 aromatic rings. The number of aromatic nitrogens is 8. The molecule has 87 heavy (non-hydrogen) atoms. The van der Waals surface area contributed by atoms with Crippen molar-refractivity contribution in [3.8, 4) is 51.2 Å². The fourth-order valence-electron chi connectivity index (χ4n) is 9.58. The van der Waals surface area contributed by atoms with E-state index in [0.717, 1.165) is 39.8 Å². The number of halogens is 5. The number of carbonyl (C=O) groups is 1. The van der Waals surface area contributed by atoms with Gasteiger partial charge in [0.1, 0.15) is 23.4 Å². The van der Waals surface area contributed by atoms with Gasteiger partial charge >= 0.3 is 5.97 Å². The largest absolute Gasteiger partial charge is 0.635 e. The molecule has 0 unspecified atom stereocenters. The van der Waals surface area contributed by atoms with E-state index in [2.05, 4.69) is 175 Å². The summed E-state index contributed by atoms with van der Waals surface area (Å²) >= 11 is 0. The fraction of sp³-hybridized carbons (Fsp3) is 0.147. The molecule has 19 heteroatoms. The van der Waals surface area contributed by atoms with Crippen molar-refractivity contribution in [1.29, 1.82) is 0 Å². The molecule has 0 amide bonds.